The first-order valence-corrected chi connectivity index (χ1v) is 10.6. The van der Waals surface area contributed by atoms with E-state index in [1.807, 2.05) is 48.5 Å². The highest BCUT2D eigenvalue weighted by atomic mass is 32.1. The molecule has 4 rings (SSSR count). The zero-order valence-corrected chi connectivity index (χ0v) is 18.6. The monoisotopic (exact) mass is 468 g/mol. The fraction of sp³-hybridized carbons (Fsp3) is 0. The van der Waals surface area contributed by atoms with E-state index in [9.17, 15) is 10.2 Å². The summed E-state index contributed by atoms with van der Waals surface area (Å²) in [6.07, 6.45) is 0. The molecule has 0 aliphatic heterocycles. The second-order valence-electron chi connectivity index (χ2n) is 7.11. The summed E-state index contributed by atoms with van der Waals surface area (Å²) in [4.78, 5) is 0. The summed E-state index contributed by atoms with van der Waals surface area (Å²) in [6, 6.07) is 27.7. The summed E-state index contributed by atoms with van der Waals surface area (Å²) in [5.74, 6) is 0.372. The summed E-state index contributed by atoms with van der Waals surface area (Å²) >= 11 is 5.39. The number of hydrogen-bond acceptors (Lipinski definition) is 7. The summed E-state index contributed by atoms with van der Waals surface area (Å²) in [5.41, 5.74) is 4.29. The van der Waals surface area contributed by atoms with E-state index in [2.05, 4.69) is 31.1 Å². The molecule has 0 unspecified atom stereocenters. The van der Waals surface area contributed by atoms with Crippen molar-refractivity contribution in [2.24, 2.45) is 20.5 Å². The van der Waals surface area contributed by atoms with Gasteiger partial charge in [0.25, 0.3) is 0 Å². The highest BCUT2D eigenvalue weighted by Crippen LogP contribution is 2.23. The lowest BCUT2D eigenvalue weighted by Crippen LogP contribution is -2.18. The van der Waals surface area contributed by atoms with Crippen molar-refractivity contribution in [1.82, 2.24) is 0 Å². The lowest BCUT2D eigenvalue weighted by Gasteiger charge is -2.10. The van der Waals surface area contributed by atoms with Crippen molar-refractivity contribution >= 4 is 51.5 Å². The van der Waals surface area contributed by atoms with Crippen molar-refractivity contribution in [1.29, 1.82) is 0 Å². The smallest absolute Gasteiger partial charge is 0.175 e. The molecule has 168 valence electrons. The van der Waals surface area contributed by atoms with Gasteiger partial charge in [0.05, 0.1) is 22.7 Å². The van der Waals surface area contributed by atoms with Crippen LogP contribution in [0, 0.1) is 0 Å². The molecule has 4 aromatic rings. The molecule has 0 aliphatic rings. The molecule has 0 fully saturated rings. The summed E-state index contributed by atoms with van der Waals surface area (Å²) in [5, 5.41) is 41.9. The molecular weight excluding hydrogens is 448 g/mol. The Morgan fingerprint density at radius 3 is 1.03 bits per heavy atom. The molecule has 0 aromatic heterocycles. The van der Waals surface area contributed by atoms with Crippen LogP contribution in [0.1, 0.15) is 0 Å². The van der Waals surface area contributed by atoms with Gasteiger partial charge in [-0.25, -0.2) is 0 Å². The third kappa shape index (κ3) is 6.68. The number of rotatable bonds is 6. The molecule has 34 heavy (non-hydrogen) atoms. The molecule has 0 saturated carbocycles. The number of phenols is 2. The van der Waals surface area contributed by atoms with E-state index in [0.29, 0.717) is 27.9 Å². The molecule has 0 spiro atoms. The number of hydrogen-bond donors (Lipinski definition) is 4. The first-order valence-electron chi connectivity index (χ1n) is 10.2. The first kappa shape index (κ1) is 22.6. The average Bonchev–Trinajstić information content (AvgIpc) is 2.85. The van der Waals surface area contributed by atoms with Crippen molar-refractivity contribution in [3.63, 3.8) is 0 Å². The van der Waals surface area contributed by atoms with Crippen LogP contribution in [-0.4, -0.2) is 15.3 Å². The minimum Gasteiger partial charge on any atom is -0.508 e. The second-order valence-corrected chi connectivity index (χ2v) is 7.51. The molecule has 9 heteroatoms. The Kier molecular flexibility index (Phi) is 7.16. The molecule has 0 bridgehead atoms. The molecule has 4 aromatic carbocycles. The van der Waals surface area contributed by atoms with Crippen LogP contribution in [0.2, 0.25) is 0 Å². The summed E-state index contributed by atoms with van der Waals surface area (Å²) in [7, 11) is 0. The van der Waals surface area contributed by atoms with Crippen molar-refractivity contribution in [3.8, 4) is 11.5 Å². The zero-order chi connectivity index (χ0) is 23.8. The fourth-order valence-electron chi connectivity index (χ4n) is 2.79. The van der Waals surface area contributed by atoms with Gasteiger partial charge in [0.2, 0.25) is 0 Å². The van der Waals surface area contributed by atoms with Gasteiger partial charge in [-0.05, 0) is 109 Å². The van der Waals surface area contributed by atoms with E-state index in [1.165, 1.54) is 0 Å². The van der Waals surface area contributed by atoms with Gasteiger partial charge in [-0.2, -0.15) is 20.5 Å². The molecule has 0 amide bonds. The second kappa shape index (κ2) is 10.8. The number of aromatic hydroxyl groups is 2. The first-order chi connectivity index (χ1) is 16.5. The SMILES string of the molecule is Oc1ccc(N=Nc2ccc(NC(=S)Nc3ccc(N=Nc4ccc(O)cc4)cc3)cc2)cc1. The predicted molar refractivity (Wildman–Crippen MR) is 137 cm³/mol. The Hall–Kier alpha value is -4.63. The van der Waals surface area contributed by atoms with Gasteiger partial charge in [0.1, 0.15) is 11.5 Å². The Morgan fingerprint density at radius 1 is 0.471 bits per heavy atom. The predicted octanol–water partition coefficient (Wildman–Crippen LogP) is 7.74. The number of benzene rings is 4. The van der Waals surface area contributed by atoms with Crippen LogP contribution in [-0.2, 0) is 0 Å². The number of phenolic OH excluding ortho intramolecular Hbond substituents is 2. The molecule has 4 N–H and O–H groups in total. The van der Waals surface area contributed by atoms with Gasteiger partial charge in [0, 0.05) is 11.4 Å². The van der Waals surface area contributed by atoms with Crippen molar-refractivity contribution in [2.45, 2.75) is 0 Å². The van der Waals surface area contributed by atoms with Crippen LogP contribution in [0.4, 0.5) is 34.1 Å². The Balaban J connectivity index is 1.29. The van der Waals surface area contributed by atoms with Gasteiger partial charge in [-0.15, -0.1) is 0 Å². The van der Waals surface area contributed by atoms with Crippen molar-refractivity contribution in [3.05, 3.63) is 97.1 Å². The Bertz CT molecular complexity index is 1200. The average molecular weight is 469 g/mol. The van der Waals surface area contributed by atoms with E-state index in [-0.39, 0.29) is 11.5 Å². The number of thiocarbonyl (C=S) groups is 1. The number of nitrogens with one attached hydrogen (secondary N) is 2. The minimum atomic E-state index is 0.186. The number of azo groups is 2. The van der Waals surface area contributed by atoms with E-state index in [0.717, 1.165) is 11.4 Å². The fourth-order valence-corrected chi connectivity index (χ4v) is 3.02. The maximum Gasteiger partial charge on any atom is 0.175 e. The number of anilines is 2. The van der Waals surface area contributed by atoms with Crippen molar-refractivity contribution < 1.29 is 10.2 Å². The third-order valence-electron chi connectivity index (χ3n) is 4.51. The van der Waals surface area contributed by atoms with Gasteiger partial charge < -0.3 is 20.8 Å². The topological polar surface area (TPSA) is 114 Å². The van der Waals surface area contributed by atoms with Gasteiger partial charge in [0.15, 0.2) is 5.11 Å². The van der Waals surface area contributed by atoms with E-state index in [1.54, 1.807) is 48.5 Å². The Labute approximate surface area is 201 Å². The quantitative estimate of drug-likeness (QED) is 0.171. The molecular formula is C25H20N6O2S. The molecule has 0 atom stereocenters. The molecule has 0 radical (unpaired) electrons. The normalized spacial score (nSPS) is 11.1. The molecule has 0 aliphatic carbocycles. The highest BCUT2D eigenvalue weighted by Gasteiger charge is 2.01. The van der Waals surface area contributed by atoms with Crippen LogP contribution in [0.25, 0.3) is 0 Å². The van der Waals surface area contributed by atoms with E-state index < -0.39 is 0 Å². The van der Waals surface area contributed by atoms with Gasteiger partial charge in [-0.1, -0.05) is 0 Å². The van der Waals surface area contributed by atoms with Gasteiger partial charge in [-0.3, -0.25) is 0 Å². The van der Waals surface area contributed by atoms with Crippen LogP contribution in [0.3, 0.4) is 0 Å². The third-order valence-corrected chi connectivity index (χ3v) is 4.72. The van der Waals surface area contributed by atoms with Gasteiger partial charge >= 0.3 is 0 Å². The molecule has 8 nitrogen and oxygen atoms in total. The van der Waals surface area contributed by atoms with Crippen LogP contribution in [0.5, 0.6) is 11.5 Å². The van der Waals surface area contributed by atoms with Crippen molar-refractivity contribution in [2.75, 3.05) is 10.6 Å². The standard InChI is InChI=1S/C25H20N6O2S/c32-23-13-9-21(10-14-23)30-28-19-5-1-17(2-6-19)26-25(34)27-18-3-7-20(8-4-18)29-31-22-11-15-24(33)16-12-22/h1-16,32-33H,(H2,26,27,34). The highest BCUT2D eigenvalue weighted by molar-refractivity contribution is 7.80. The molecule has 0 heterocycles. The lowest BCUT2D eigenvalue weighted by atomic mass is 10.3. The van der Waals surface area contributed by atoms with E-state index >= 15 is 0 Å². The summed E-state index contributed by atoms with van der Waals surface area (Å²) in [6.45, 7) is 0. The maximum atomic E-state index is 9.31. The lowest BCUT2D eigenvalue weighted by molar-refractivity contribution is 0.475. The zero-order valence-electron chi connectivity index (χ0n) is 17.8. The Morgan fingerprint density at radius 2 is 0.735 bits per heavy atom. The molecule has 0 saturated heterocycles. The van der Waals surface area contributed by atoms with Crippen LogP contribution >= 0.6 is 12.2 Å². The minimum absolute atomic E-state index is 0.186. The maximum absolute atomic E-state index is 9.31. The largest absolute Gasteiger partial charge is 0.508 e. The van der Waals surface area contributed by atoms with Crippen LogP contribution in [0.15, 0.2) is 118 Å². The number of nitrogens with zero attached hydrogens (tertiary/aromatic N) is 4. The summed E-state index contributed by atoms with van der Waals surface area (Å²) < 4.78 is 0. The van der Waals surface area contributed by atoms with Crippen LogP contribution < -0.4 is 10.6 Å². The van der Waals surface area contributed by atoms with E-state index in [4.69, 9.17) is 12.2 Å².